The molecule has 2 atom stereocenters. The third kappa shape index (κ3) is 5.57. The zero-order valence-corrected chi connectivity index (χ0v) is 18.9. The number of sulfone groups is 1. The molecule has 1 aliphatic heterocycles. The van der Waals surface area contributed by atoms with Gasteiger partial charge in [-0.1, -0.05) is 25.1 Å². The number of hydrogen-bond acceptors (Lipinski definition) is 7. The van der Waals surface area contributed by atoms with Crippen LogP contribution in [0.3, 0.4) is 0 Å². The van der Waals surface area contributed by atoms with E-state index in [9.17, 15) is 18.0 Å². The number of anilines is 1. The Morgan fingerprint density at radius 3 is 2.55 bits per heavy atom. The topological polar surface area (TPSA) is 114 Å². The predicted molar refractivity (Wildman–Crippen MR) is 121 cm³/mol. The van der Waals surface area contributed by atoms with E-state index < -0.39 is 26.5 Å². The summed E-state index contributed by atoms with van der Waals surface area (Å²) in [5.41, 5.74) is 1.25. The van der Waals surface area contributed by atoms with Gasteiger partial charge in [0.2, 0.25) is 11.8 Å². The maximum Gasteiger partial charge on any atom is 0.241 e. The van der Waals surface area contributed by atoms with E-state index in [1.165, 1.54) is 43.1 Å². The molecule has 2 aromatic rings. The molecule has 2 aromatic carbocycles. The van der Waals surface area contributed by atoms with E-state index in [2.05, 4.69) is 16.0 Å². The molecule has 3 N–H and O–H groups in total. The van der Waals surface area contributed by atoms with E-state index in [4.69, 9.17) is 4.74 Å². The quantitative estimate of drug-likeness (QED) is 0.547. The van der Waals surface area contributed by atoms with E-state index in [0.29, 0.717) is 5.75 Å². The molecule has 31 heavy (non-hydrogen) atoms. The first kappa shape index (κ1) is 23.1. The van der Waals surface area contributed by atoms with Gasteiger partial charge in [-0.05, 0) is 42.3 Å². The Morgan fingerprint density at radius 1 is 1.19 bits per heavy atom. The maximum atomic E-state index is 12.8. The zero-order chi connectivity index (χ0) is 22.4. The molecule has 1 heterocycles. The fourth-order valence-corrected chi connectivity index (χ4v) is 5.47. The number of amides is 2. The van der Waals surface area contributed by atoms with E-state index in [-0.39, 0.29) is 23.1 Å². The first-order valence-corrected chi connectivity index (χ1v) is 12.4. The summed E-state index contributed by atoms with van der Waals surface area (Å²) in [6.45, 7) is 1.97. The Bertz CT molecular complexity index is 1040. The standard InChI is InChI=1S/C21H25N3O5S2/c1-3-14-6-4-5-7-17(14)23-19(25)13-30-21-22-12-18(20(26)24-21)31(27,28)16-10-8-15(29-2)9-11-16/h4-11,18,21-22H,3,12-13H2,1-2H3,(H,23,25)(H,24,26). The molecule has 0 radical (unpaired) electrons. The second kappa shape index (κ2) is 10.2. The summed E-state index contributed by atoms with van der Waals surface area (Å²) >= 11 is 1.19. The molecular weight excluding hydrogens is 438 g/mol. The molecule has 1 aliphatic rings. The van der Waals surface area contributed by atoms with Crippen LogP contribution in [-0.4, -0.2) is 50.4 Å². The molecule has 0 bridgehead atoms. The number of carbonyl (C=O) groups excluding carboxylic acids is 2. The molecule has 1 fully saturated rings. The monoisotopic (exact) mass is 463 g/mol. The van der Waals surface area contributed by atoms with E-state index in [1.54, 1.807) is 0 Å². The lowest BCUT2D eigenvalue weighted by Gasteiger charge is -2.29. The van der Waals surface area contributed by atoms with Gasteiger partial charge in [-0.25, -0.2) is 8.42 Å². The van der Waals surface area contributed by atoms with Crippen LogP contribution in [-0.2, 0) is 25.8 Å². The van der Waals surface area contributed by atoms with Gasteiger partial charge in [0.05, 0.1) is 17.8 Å². The number of thioether (sulfide) groups is 1. The average molecular weight is 464 g/mol. The Balaban J connectivity index is 1.55. The molecule has 8 nitrogen and oxygen atoms in total. The third-order valence-corrected chi connectivity index (χ3v) is 7.98. The van der Waals surface area contributed by atoms with Crippen LogP contribution in [0.25, 0.3) is 0 Å². The second-order valence-corrected chi connectivity index (χ2v) is 10.1. The maximum absolute atomic E-state index is 12.8. The number of hydrogen-bond donors (Lipinski definition) is 3. The molecule has 0 spiro atoms. The number of methoxy groups -OCH3 is 1. The van der Waals surface area contributed by atoms with Crippen LogP contribution in [0, 0.1) is 0 Å². The van der Waals surface area contributed by atoms with E-state index in [0.717, 1.165) is 17.7 Å². The molecule has 0 aliphatic carbocycles. The number of carbonyl (C=O) groups is 2. The first-order chi connectivity index (χ1) is 14.8. The van der Waals surface area contributed by atoms with Gasteiger partial charge in [0.25, 0.3) is 0 Å². The molecule has 2 unspecified atom stereocenters. The van der Waals surface area contributed by atoms with Crippen LogP contribution in [0.1, 0.15) is 12.5 Å². The molecule has 3 rings (SSSR count). The summed E-state index contributed by atoms with van der Waals surface area (Å²) < 4.78 is 30.7. The lowest BCUT2D eigenvalue weighted by Crippen LogP contribution is -2.59. The van der Waals surface area contributed by atoms with Gasteiger partial charge < -0.3 is 15.4 Å². The smallest absolute Gasteiger partial charge is 0.241 e. The highest BCUT2D eigenvalue weighted by molar-refractivity contribution is 8.00. The normalized spacial score (nSPS) is 18.8. The fraction of sp³-hybridized carbons (Fsp3) is 0.333. The van der Waals surface area contributed by atoms with Crippen molar-refractivity contribution in [3.05, 3.63) is 54.1 Å². The van der Waals surface area contributed by atoms with Crippen molar-refractivity contribution in [2.45, 2.75) is 29.0 Å². The molecule has 0 aromatic heterocycles. The number of benzene rings is 2. The lowest BCUT2D eigenvalue weighted by molar-refractivity contribution is -0.122. The average Bonchev–Trinajstić information content (AvgIpc) is 2.78. The van der Waals surface area contributed by atoms with Gasteiger partial charge >= 0.3 is 0 Å². The minimum Gasteiger partial charge on any atom is -0.497 e. The zero-order valence-electron chi connectivity index (χ0n) is 17.3. The van der Waals surface area contributed by atoms with Crippen LogP contribution in [0.4, 0.5) is 5.69 Å². The summed E-state index contributed by atoms with van der Waals surface area (Å²) in [5, 5.41) is 7.25. The van der Waals surface area contributed by atoms with Gasteiger partial charge in [0, 0.05) is 12.2 Å². The van der Waals surface area contributed by atoms with Crippen LogP contribution in [0.5, 0.6) is 5.75 Å². The van der Waals surface area contributed by atoms with Crippen molar-refractivity contribution in [2.24, 2.45) is 0 Å². The van der Waals surface area contributed by atoms with E-state index in [1.807, 2.05) is 31.2 Å². The van der Waals surface area contributed by atoms with Crippen molar-refractivity contribution >= 4 is 39.1 Å². The Kier molecular flexibility index (Phi) is 7.58. The van der Waals surface area contributed by atoms with Gasteiger partial charge in [-0.3, -0.25) is 14.9 Å². The molecule has 2 amide bonds. The van der Waals surface area contributed by atoms with Gasteiger partial charge in [0.1, 0.15) is 11.2 Å². The minimum atomic E-state index is -3.86. The molecule has 166 valence electrons. The van der Waals surface area contributed by atoms with Gasteiger partial charge in [-0.2, -0.15) is 0 Å². The second-order valence-electron chi connectivity index (χ2n) is 6.88. The number of rotatable bonds is 8. The largest absolute Gasteiger partial charge is 0.497 e. The van der Waals surface area contributed by atoms with Crippen molar-refractivity contribution in [2.75, 3.05) is 24.7 Å². The minimum absolute atomic E-state index is 0.0435. The van der Waals surface area contributed by atoms with Crippen molar-refractivity contribution < 1.29 is 22.7 Å². The predicted octanol–water partition coefficient (Wildman–Crippen LogP) is 1.77. The van der Waals surface area contributed by atoms with Gasteiger partial charge in [-0.15, -0.1) is 11.8 Å². The lowest BCUT2D eigenvalue weighted by atomic mass is 10.1. The summed E-state index contributed by atoms with van der Waals surface area (Å²) in [7, 11) is -2.37. The molecular formula is C21H25N3O5S2. The summed E-state index contributed by atoms with van der Waals surface area (Å²) in [6, 6.07) is 13.5. The van der Waals surface area contributed by atoms with Crippen LogP contribution in [0.2, 0.25) is 0 Å². The van der Waals surface area contributed by atoms with Crippen LogP contribution >= 0.6 is 11.8 Å². The molecule has 0 saturated carbocycles. The van der Waals surface area contributed by atoms with Gasteiger partial charge in [0.15, 0.2) is 15.1 Å². The summed E-state index contributed by atoms with van der Waals surface area (Å²) in [5.74, 6) is -0.161. The number of aryl methyl sites for hydroxylation is 1. The molecule has 1 saturated heterocycles. The summed E-state index contributed by atoms with van der Waals surface area (Å²) in [6.07, 6.45) is 0.799. The fourth-order valence-electron chi connectivity index (χ4n) is 3.16. The number of ether oxygens (including phenoxy) is 1. The Labute approximate surface area is 186 Å². The number of nitrogens with one attached hydrogen (secondary N) is 3. The summed E-state index contributed by atoms with van der Waals surface area (Å²) in [4.78, 5) is 24.8. The Morgan fingerprint density at radius 2 is 1.90 bits per heavy atom. The van der Waals surface area contributed by atoms with Crippen LogP contribution in [0.15, 0.2) is 53.4 Å². The van der Waals surface area contributed by atoms with E-state index >= 15 is 0 Å². The first-order valence-electron chi connectivity index (χ1n) is 9.76. The third-order valence-electron chi connectivity index (χ3n) is 4.87. The Hall–Kier alpha value is -2.56. The van der Waals surface area contributed by atoms with Crippen molar-refractivity contribution in [1.29, 1.82) is 0 Å². The van der Waals surface area contributed by atoms with Crippen molar-refractivity contribution in [3.8, 4) is 5.75 Å². The highest BCUT2D eigenvalue weighted by atomic mass is 32.2. The number of para-hydroxylation sites is 1. The molecule has 10 heteroatoms. The highest BCUT2D eigenvalue weighted by Gasteiger charge is 2.38. The SMILES string of the molecule is CCc1ccccc1NC(=O)CSC1NCC(S(=O)(=O)c2ccc(OC)cc2)C(=O)N1. The highest BCUT2D eigenvalue weighted by Crippen LogP contribution is 2.22. The van der Waals surface area contributed by atoms with Crippen molar-refractivity contribution in [3.63, 3.8) is 0 Å². The van der Waals surface area contributed by atoms with Crippen molar-refractivity contribution in [1.82, 2.24) is 10.6 Å². The van der Waals surface area contributed by atoms with Crippen LogP contribution < -0.4 is 20.7 Å².